The van der Waals surface area contributed by atoms with Crippen molar-refractivity contribution < 1.29 is 13.9 Å². The Labute approximate surface area is 131 Å². The van der Waals surface area contributed by atoms with Gasteiger partial charge in [0.05, 0.1) is 18.9 Å². The van der Waals surface area contributed by atoms with Gasteiger partial charge in [-0.25, -0.2) is 14.4 Å². The van der Waals surface area contributed by atoms with Crippen LogP contribution in [0.15, 0.2) is 35.5 Å². The second-order valence-electron chi connectivity index (χ2n) is 5.23. The van der Waals surface area contributed by atoms with E-state index in [1.165, 1.54) is 12.3 Å². The Bertz CT molecular complexity index is 747. The molecule has 1 aliphatic heterocycles. The number of rotatable bonds is 3. The highest BCUT2D eigenvalue weighted by Crippen LogP contribution is 2.16. The van der Waals surface area contributed by atoms with Gasteiger partial charge in [-0.3, -0.25) is 9.59 Å². The van der Waals surface area contributed by atoms with Gasteiger partial charge in [-0.05, 0) is 25.0 Å². The molecule has 0 radical (unpaired) electrons. The first-order valence-electron chi connectivity index (χ1n) is 7.24. The molecule has 1 fully saturated rings. The fourth-order valence-corrected chi connectivity index (χ4v) is 2.49. The summed E-state index contributed by atoms with van der Waals surface area (Å²) in [4.78, 5) is 35.7. The molecule has 2 aromatic heterocycles. The molecule has 120 valence electrons. The zero-order chi connectivity index (χ0) is 16.2. The van der Waals surface area contributed by atoms with Crippen molar-refractivity contribution in [3.05, 3.63) is 52.5 Å². The minimum atomic E-state index is -0.541. The number of amides is 1. The summed E-state index contributed by atoms with van der Waals surface area (Å²) in [5.41, 5.74) is -0.311. The van der Waals surface area contributed by atoms with Crippen LogP contribution in [0.2, 0.25) is 0 Å². The Morgan fingerprint density at radius 2 is 2.17 bits per heavy atom. The lowest BCUT2D eigenvalue weighted by molar-refractivity contribution is 0.0513. The molecule has 7 nitrogen and oxygen atoms in total. The number of nitrogens with zero attached hydrogens (tertiary/aromatic N) is 3. The second kappa shape index (κ2) is 6.55. The number of pyridine rings is 1. The van der Waals surface area contributed by atoms with Gasteiger partial charge in [-0.15, -0.1) is 0 Å². The van der Waals surface area contributed by atoms with Crippen LogP contribution in [-0.2, 0) is 0 Å². The number of hydrogen-bond acceptors (Lipinski definition) is 5. The van der Waals surface area contributed by atoms with Crippen LogP contribution < -0.4 is 10.3 Å². The summed E-state index contributed by atoms with van der Waals surface area (Å²) in [6.07, 6.45) is 4.71. The van der Waals surface area contributed by atoms with Crippen molar-refractivity contribution >= 4 is 5.91 Å². The SMILES string of the molecule is O=C(c1ccc[nH]c1=O)N1CCCC(Oc2ncc(F)cn2)C1. The van der Waals surface area contributed by atoms with Gasteiger partial charge in [0, 0.05) is 12.7 Å². The number of halogens is 1. The summed E-state index contributed by atoms with van der Waals surface area (Å²) < 4.78 is 18.4. The standard InChI is InChI=1S/C15H15FN4O3/c16-10-7-18-15(19-8-10)23-11-3-2-6-20(9-11)14(22)12-4-1-5-17-13(12)21/h1,4-5,7-8,11H,2-3,6,9H2,(H,17,21). The average Bonchev–Trinajstić information content (AvgIpc) is 2.57. The smallest absolute Gasteiger partial charge is 0.316 e. The van der Waals surface area contributed by atoms with Crippen LogP contribution in [0.4, 0.5) is 4.39 Å². The van der Waals surface area contributed by atoms with Crippen LogP contribution in [-0.4, -0.2) is 45.0 Å². The number of ether oxygens (including phenoxy) is 1. The van der Waals surface area contributed by atoms with Gasteiger partial charge in [0.2, 0.25) is 0 Å². The predicted molar refractivity (Wildman–Crippen MR) is 78.6 cm³/mol. The third kappa shape index (κ3) is 3.53. The predicted octanol–water partition coefficient (Wildman–Crippen LogP) is 0.988. The number of piperidine rings is 1. The quantitative estimate of drug-likeness (QED) is 0.911. The van der Waals surface area contributed by atoms with Gasteiger partial charge in [0.15, 0.2) is 5.82 Å². The van der Waals surface area contributed by atoms with E-state index < -0.39 is 11.4 Å². The first-order chi connectivity index (χ1) is 11.1. The van der Waals surface area contributed by atoms with Crippen molar-refractivity contribution in [3.8, 4) is 6.01 Å². The molecule has 3 rings (SSSR count). The zero-order valence-corrected chi connectivity index (χ0v) is 12.2. The molecular formula is C15H15FN4O3. The van der Waals surface area contributed by atoms with E-state index in [-0.39, 0.29) is 23.6 Å². The number of carbonyl (C=O) groups excluding carboxylic acids is 1. The molecule has 23 heavy (non-hydrogen) atoms. The minimum Gasteiger partial charge on any atom is -0.458 e. The number of carbonyl (C=O) groups is 1. The number of nitrogens with one attached hydrogen (secondary N) is 1. The van der Waals surface area contributed by atoms with Crippen LogP contribution in [0.25, 0.3) is 0 Å². The van der Waals surface area contributed by atoms with Crippen molar-refractivity contribution in [1.82, 2.24) is 19.9 Å². The van der Waals surface area contributed by atoms with Gasteiger partial charge in [0.25, 0.3) is 11.5 Å². The molecule has 0 spiro atoms. The van der Waals surface area contributed by atoms with E-state index >= 15 is 0 Å². The maximum Gasteiger partial charge on any atom is 0.316 e. The summed E-state index contributed by atoms with van der Waals surface area (Å²) >= 11 is 0. The van der Waals surface area contributed by atoms with Crippen molar-refractivity contribution in [2.45, 2.75) is 18.9 Å². The lowest BCUT2D eigenvalue weighted by Crippen LogP contribution is -2.45. The second-order valence-corrected chi connectivity index (χ2v) is 5.23. The van der Waals surface area contributed by atoms with E-state index in [0.717, 1.165) is 25.2 Å². The van der Waals surface area contributed by atoms with Gasteiger partial charge >= 0.3 is 6.01 Å². The molecule has 8 heteroatoms. The number of H-pyrrole nitrogens is 1. The molecule has 1 saturated heterocycles. The average molecular weight is 318 g/mol. The van der Waals surface area contributed by atoms with Crippen LogP contribution >= 0.6 is 0 Å². The van der Waals surface area contributed by atoms with Gasteiger partial charge in [-0.1, -0.05) is 0 Å². The van der Waals surface area contributed by atoms with E-state index in [0.29, 0.717) is 13.1 Å². The summed E-state index contributed by atoms with van der Waals surface area (Å²) in [6, 6.07) is 3.18. The zero-order valence-electron chi connectivity index (χ0n) is 12.2. The van der Waals surface area contributed by atoms with Crippen molar-refractivity contribution in [2.75, 3.05) is 13.1 Å². The van der Waals surface area contributed by atoms with E-state index in [9.17, 15) is 14.0 Å². The molecule has 3 heterocycles. The Hall–Kier alpha value is -2.77. The monoisotopic (exact) mass is 318 g/mol. The molecule has 1 unspecified atom stereocenters. The molecule has 1 aliphatic rings. The van der Waals surface area contributed by atoms with E-state index in [1.807, 2.05) is 0 Å². The van der Waals surface area contributed by atoms with Crippen molar-refractivity contribution in [3.63, 3.8) is 0 Å². The van der Waals surface area contributed by atoms with Gasteiger partial charge in [-0.2, -0.15) is 0 Å². The Morgan fingerprint density at radius 1 is 1.39 bits per heavy atom. The number of aromatic amines is 1. The molecule has 1 amide bonds. The highest BCUT2D eigenvalue weighted by molar-refractivity contribution is 5.93. The van der Waals surface area contributed by atoms with Crippen LogP contribution in [0.5, 0.6) is 6.01 Å². The molecule has 0 aromatic carbocycles. The molecule has 0 aliphatic carbocycles. The van der Waals surface area contributed by atoms with E-state index in [4.69, 9.17) is 4.74 Å². The highest BCUT2D eigenvalue weighted by Gasteiger charge is 2.27. The first-order valence-corrected chi connectivity index (χ1v) is 7.24. The lowest BCUT2D eigenvalue weighted by atomic mass is 10.1. The molecular weight excluding hydrogens is 303 g/mol. The Morgan fingerprint density at radius 3 is 2.91 bits per heavy atom. The largest absolute Gasteiger partial charge is 0.458 e. The topological polar surface area (TPSA) is 88.2 Å². The third-order valence-electron chi connectivity index (χ3n) is 3.58. The van der Waals surface area contributed by atoms with E-state index in [1.54, 1.807) is 11.0 Å². The summed E-state index contributed by atoms with van der Waals surface area (Å²) in [5.74, 6) is -0.874. The maximum atomic E-state index is 12.8. The normalized spacial score (nSPS) is 17.8. The molecule has 2 aromatic rings. The molecule has 0 saturated carbocycles. The fraction of sp³-hybridized carbons (Fsp3) is 0.333. The fourth-order valence-electron chi connectivity index (χ4n) is 2.49. The van der Waals surface area contributed by atoms with Crippen LogP contribution in [0.3, 0.4) is 0 Å². The third-order valence-corrected chi connectivity index (χ3v) is 3.58. The lowest BCUT2D eigenvalue weighted by Gasteiger charge is -2.32. The van der Waals surface area contributed by atoms with Crippen LogP contribution in [0, 0.1) is 5.82 Å². The number of hydrogen-bond donors (Lipinski definition) is 1. The van der Waals surface area contributed by atoms with E-state index in [2.05, 4.69) is 15.0 Å². The summed E-state index contributed by atoms with van der Waals surface area (Å²) in [5, 5.41) is 0. The molecule has 1 N–H and O–H groups in total. The minimum absolute atomic E-state index is 0.0725. The Balaban J connectivity index is 1.68. The summed E-state index contributed by atoms with van der Waals surface area (Å²) in [6.45, 7) is 0.880. The van der Waals surface area contributed by atoms with Crippen molar-refractivity contribution in [2.24, 2.45) is 0 Å². The first kappa shape index (κ1) is 15.1. The van der Waals surface area contributed by atoms with Gasteiger partial charge < -0.3 is 14.6 Å². The van der Waals surface area contributed by atoms with Gasteiger partial charge in [0.1, 0.15) is 11.7 Å². The highest BCUT2D eigenvalue weighted by atomic mass is 19.1. The van der Waals surface area contributed by atoms with Crippen LogP contribution in [0.1, 0.15) is 23.2 Å². The van der Waals surface area contributed by atoms with Crippen molar-refractivity contribution in [1.29, 1.82) is 0 Å². The molecule has 1 atom stereocenters. The number of likely N-dealkylation sites (tertiary alicyclic amines) is 1. The number of aromatic nitrogens is 3. The summed E-state index contributed by atoms with van der Waals surface area (Å²) in [7, 11) is 0. The molecule has 0 bridgehead atoms. The Kier molecular flexibility index (Phi) is 4.31. The maximum absolute atomic E-state index is 12.8.